The van der Waals surface area contributed by atoms with Crippen molar-refractivity contribution in [3.63, 3.8) is 0 Å². The fourth-order valence-corrected chi connectivity index (χ4v) is 2.90. The van der Waals surface area contributed by atoms with Crippen LogP contribution in [0.1, 0.15) is 37.6 Å². The van der Waals surface area contributed by atoms with Gasteiger partial charge in [-0.05, 0) is 45.1 Å². The molecule has 0 radical (unpaired) electrons. The second kappa shape index (κ2) is 4.56. The minimum Gasteiger partial charge on any atom is -0.270 e. The van der Waals surface area contributed by atoms with Gasteiger partial charge in [-0.25, -0.2) is 0 Å². The van der Waals surface area contributed by atoms with Crippen molar-refractivity contribution >= 4 is 11.6 Å². The van der Waals surface area contributed by atoms with Crippen molar-refractivity contribution in [2.45, 2.75) is 51.5 Å². The van der Waals surface area contributed by atoms with E-state index < -0.39 is 0 Å². The Bertz CT molecular complexity index is 332. The fourth-order valence-electron chi connectivity index (χ4n) is 2.53. The van der Waals surface area contributed by atoms with Crippen molar-refractivity contribution in [1.82, 2.24) is 9.78 Å². The van der Waals surface area contributed by atoms with E-state index >= 15 is 0 Å². The first-order valence-electron chi connectivity index (χ1n) is 5.88. The standard InChI is InChI=1S/C12H19ClN2/c1-3-15-11(7-9(2)14-15)8-10-5-4-6-12(10)13/h7,10,12H,3-6,8H2,1-2H3. The highest BCUT2D eigenvalue weighted by Gasteiger charge is 2.26. The van der Waals surface area contributed by atoms with Gasteiger partial charge in [0, 0.05) is 17.6 Å². The van der Waals surface area contributed by atoms with E-state index in [0.717, 1.165) is 18.7 Å². The van der Waals surface area contributed by atoms with Crippen LogP contribution in [0, 0.1) is 12.8 Å². The predicted octanol–water partition coefficient (Wildman–Crippen LogP) is 3.16. The summed E-state index contributed by atoms with van der Waals surface area (Å²) >= 11 is 6.30. The zero-order valence-corrected chi connectivity index (χ0v) is 10.3. The van der Waals surface area contributed by atoms with Crippen LogP contribution in [0.4, 0.5) is 0 Å². The van der Waals surface area contributed by atoms with E-state index in [1.54, 1.807) is 0 Å². The van der Waals surface area contributed by atoms with E-state index in [-0.39, 0.29) is 0 Å². The second-order valence-electron chi connectivity index (χ2n) is 4.50. The van der Waals surface area contributed by atoms with Crippen molar-refractivity contribution < 1.29 is 0 Å². The maximum atomic E-state index is 6.30. The molecule has 2 nitrogen and oxygen atoms in total. The van der Waals surface area contributed by atoms with Crippen LogP contribution >= 0.6 is 11.6 Å². The van der Waals surface area contributed by atoms with Crippen LogP contribution in [-0.4, -0.2) is 15.2 Å². The molecule has 0 bridgehead atoms. The third-order valence-corrected chi connectivity index (χ3v) is 3.90. The van der Waals surface area contributed by atoms with Gasteiger partial charge in [-0.3, -0.25) is 4.68 Å². The SMILES string of the molecule is CCn1nc(C)cc1CC1CCCC1Cl. The lowest BCUT2D eigenvalue weighted by Crippen LogP contribution is -2.13. The van der Waals surface area contributed by atoms with Gasteiger partial charge in [-0.15, -0.1) is 11.6 Å². The van der Waals surface area contributed by atoms with Crippen molar-refractivity contribution in [3.05, 3.63) is 17.5 Å². The van der Waals surface area contributed by atoms with Crippen LogP contribution in [0.3, 0.4) is 0 Å². The minimum atomic E-state index is 0.380. The molecule has 0 aliphatic heterocycles. The highest BCUT2D eigenvalue weighted by atomic mass is 35.5. The van der Waals surface area contributed by atoms with Crippen molar-refractivity contribution in [1.29, 1.82) is 0 Å². The highest BCUT2D eigenvalue weighted by molar-refractivity contribution is 6.20. The highest BCUT2D eigenvalue weighted by Crippen LogP contribution is 2.32. The van der Waals surface area contributed by atoms with Crippen LogP contribution < -0.4 is 0 Å². The summed E-state index contributed by atoms with van der Waals surface area (Å²) in [4.78, 5) is 0. The van der Waals surface area contributed by atoms with E-state index in [1.807, 2.05) is 0 Å². The lowest BCUT2D eigenvalue weighted by Gasteiger charge is -2.13. The fraction of sp³-hybridized carbons (Fsp3) is 0.750. The first-order chi connectivity index (χ1) is 7.20. The second-order valence-corrected chi connectivity index (χ2v) is 5.06. The molecular weight excluding hydrogens is 208 g/mol. The maximum absolute atomic E-state index is 6.30. The molecule has 1 aromatic heterocycles. The first kappa shape index (κ1) is 11.0. The average molecular weight is 227 g/mol. The average Bonchev–Trinajstić information content (AvgIpc) is 2.75. The van der Waals surface area contributed by atoms with Crippen LogP contribution in [0.25, 0.3) is 0 Å². The zero-order valence-electron chi connectivity index (χ0n) is 9.54. The predicted molar refractivity (Wildman–Crippen MR) is 63.3 cm³/mol. The molecule has 1 heterocycles. The Morgan fingerprint density at radius 1 is 1.53 bits per heavy atom. The van der Waals surface area contributed by atoms with E-state index in [9.17, 15) is 0 Å². The molecule has 2 rings (SSSR count). The Labute approximate surface area is 96.6 Å². The van der Waals surface area contributed by atoms with Gasteiger partial charge in [0.05, 0.1) is 5.69 Å². The van der Waals surface area contributed by atoms with Crippen molar-refractivity contribution in [2.75, 3.05) is 0 Å². The van der Waals surface area contributed by atoms with Crippen LogP contribution in [-0.2, 0) is 13.0 Å². The van der Waals surface area contributed by atoms with Crippen LogP contribution in [0.2, 0.25) is 0 Å². The molecule has 3 heteroatoms. The number of aromatic nitrogens is 2. The summed E-state index contributed by atoms with van der Waals surface area (Å²) < 4.78 is 2.11. The summed E-state index contributed by atoms with van der Waals surface area (Å²) in [6, 6.07) is 2.20. The quantitative estimate of drug-likeness (QED) is 0.724. The number of nitrogens with zero attached hydrogens (tertiary/aromatic N) is 2. The Hall–Kier alpha value is -0.500. The molecule has 15 heavy (non-hydrogen) atoms. The molecule has 1 fully saturated rings. The summed E-state index contributed by atoms with van der Waals surface area (Å²) in [5.74, 6) is 0.660. The van der Waals surface area contributed by atoms with Crippen molar-refractivity contribution in [3.8, 4) is 0 Å². The Balaban J connectivity index is 2.09. The van der Waals surface area contributed by atoms with Gasteiger partial charge in [-0.2, -0.15) is 5.10 Å². The van der Waals surface area contributed by atoms with E-state index in [0.29, 0.717) is 11.3 Å². The first-order valence-corrected chi connectivity index (χ1v) is 6.31. The van der Waals surface area contributed by atoms with Gasteiger partial charge in [-0.1, -0.05) is 6.42 Å². The van der Waals surface area contributed by atoms with E-state index in [4.69, 9.17) is 11.6 Å². The number of hydrogen-bond acceptors (Lipinski definition) is 1. The third-order valence-electron chi connectivity index (χ3n) is 3.32. The molecule has 2 unspecified atom stereocenters. The van der Waals surface area contributed by atoms with Crippen LogP contribution in [0.15, 0.2) is 6.07 Å². The number of rotatable bonds is 3. The van der Waals surface area contributed by atoms with Gasteiger partial charge in [0.15, 0.2) is 0 Å². The molecule has 84 valence electrons. The Morgan fingerprint density at radius 3 is 2.93 bits per heavy atom. The zero-order chi connectivity index (χ0) is 10.8. The lowest BCUT2D eigenvalue weighted by atomic mass is 10.0. The molecule has 0 saturated heterocycles. The number of alkyl halides is 1. The molecule has 0 spiro atoms. The Kier molecular flexibility index (Phi) is 3.35. The summed E-state index contributed by atoms with van der Waals surface area (Å²) in [6.45, 7) is 5.16. The molecule has 1 aromatic rings. The van der Waals surface area contributed by atoms with Crippen molar-refractivity contribution in [2.24, 2.45) is 5.92 Å². The summed E-state index contributed by atoms with van der Waals surface area (Å²) in [6.07, 6.45) is 4.86. The molecule has 1 aliphatic rings. The molecule has 1 aliphatic carbocycles. The smallest absolute Gasteiger partial charge is 0.0596 e. The lowest BCUT2D eigenvalue weighted by molar-refractivity contribution is 0.511. The normalized spacial score (nSPS) is 26.1. The summed E-state index contributed by atoms with van der Waals surface area (Å²) in [5.41, 5.74) is 2.48. The Morgan fingerprint density at radius 2 is 2.33 bits per heavy atom. The number of hydrogen-bond donors (Lipinski definition) is 0. The third kappa shape index (κ3) is 2.36. The molecule has 0 aromatic carbocycles. The minimum absolute atomic E-state index is 0.380. The van der Waals surface area contributed by atoms with Gasteiger partial charge < -0.3 is 0 Å². The number of aryl methyl sites for hydroxylation is 2. The van der Waals surface area contributed by atoms with E-state index in [2.05, 4.69) is 29.7 Å². The maximum Gasteiger partial charge on any atom is 0.0596 e. The van der Waals surface area contributed by atoms with E-state index in [1.165, 1.54) is 25.0 Å². The van der Waals surface area contributed by atoms with Gasteiger partial charge >= 0.3 is 0 Å². The largest absolute Gasteiger partial charge is 0.270 e. The van der Waals surface area contributed by atoms with Gasteiger partial charge in [0.2, 0.25) is 0 Å². The molecule has 2 atom stereocenters. The molecular formula is C12H19ClN2. The van der Waals surface area contributed by atoms with Gasteiger partial charge in [0.25, 0.3) is 0 Å². The molecule has 0 N–H and O–H groups in total. The summed E-state index contributed by atoms with van der Waals surface area (Å²) in [5, 5.41) is 4.85. The van der Waals surface area contributed by atoms with Gasteiger partial charge in [0.1, 0.15) is 0 Å². The topological polar surface area (TPSA) is 17.8 Å². The van der Waals surface area contributed by atoms with Crippen LogP contribution in [0.5, 0.6) is 0 Å². The number of halogens is 1. The monoisotopic (exact) mass is 226 g/mol. The molecule has 1 saturated carbocycles. The summed E-state index contributed by atoms with van der Waals surface area (Å²) in [7, 11) is 0. The molecule has 0 amide bonds.